The van der Waals surface area contributed by atoms with Crippen LogP contribution in [0, 0.1) is 5.92 Å². The lowest BCUT2D eigenvalue weighted by Crippen LogP contribution is -2.45. The fourth-order valence-corrected chi connectivity index (χ4v) is 4.05. The number of nitrogens with zero attached hydrogens (tertiary/aromatic N) is 4. The maximum atomic E-state index is 12.0. The molecule has 3 saturated heterocycles. The Bertz CT molecular complexity index is 522. The highest BCUT2D eigenvalue weighted by Crippen LogP contribution is 2.19. The number of hydrogen-bond donors (Lipinski definition) is 1. The van der Waals surface area contributed by atoms with Crippen molar-refractivity contribution in [3.63, 3.8) is 0 Å². The second-order valence-corrected chi connectivity index (χ2v) is 8.31. The number of carbonyl (C=O) groups is 1. The molecule has 0 radical (unpaired) electrons. The number of hydrogen-bond acceptors (Lipinski definition) is 5. The third-order valence-corrected chi connectivity index (χ3v) is 5.83. The summed E-state index contributed by atoms with van der Waals surface area (Å²) in [7, 11) is 3.55. The van der Waals surface area contributed by atoms with Gasteiger partial charge in [0.1, 0.15) is 6.54 Å². The van der Waals surface area contributed by atoms with Crippen LogP contribution in [-0.2, 0) is 14.3 Å². The second-order valence-electron chi connectivity index (χ2n) is 8.31. The predicted molar refractivity (Wildman–Crippen MR) is 125 cm³/mol. The van der Waals surface area contributed by atoms with Gasteiger partial charge in [-0.1, -0.05) is 0 Å². The summed E-state index contributed by atoms with van der Waals surface area (Å²) >= 11 is 0. The number of rotatable bonds is 6. The Morgan fingerprint density at radius 3 is 2.62 bits per heavy atom. The minimum absolute atomic E-state index is 0. The van der Waals surface area contributed by atoms with E-state index in [4.69, 9.17) is 9.47 Å². The number of nitrogens with one attached hydrogen (secondary N) is 1. The molecule has 9 heteroatoms. The summed E-state index contributed by atoms with van der Waals surface area (Å²) in [4.78, 5) is 23.1. The van der Waals surface area contributed by atoms with E-state index in [2.05, 4.69) is 20.1 Å². The van der Waals surface area contributed by atoms with Crippen molar-refractivity contribution in [1.82, 2.24) is 20.0 Å². The largest absolute Gasteiger partial charge is 0.379 e. The van der Waals surface area contributed by atoms with Crippen molar-refractivity contribution < 1.29 is 14.3 Å². The van der Waals surface area contributed by atoms with E-state index in [1.807, 2.05) is 0 Å². The van der Waals surface area contributed by atoms with Gasteiger partial charge < -0.3 is 24.6 Å². The van der Waals surface area contributed by atoms with Gasteiger partial charge in [-0.05, 0) is 31.6 Å². The first-order valence-corrected chi connectivity index (χ1v) is 10.8. The van der Waals surface area contributed by atoms with E-state index < -0.39 is 0 Å². The highest BCUT2D eigenvalue weighted by molar-refractivity contribution is 14.0. The average Bonchev–Trinajstić information content (AvgIpc) is 3.17. The molecule has 29 heavy (non-hydrogen) atoms. The molecule has 0 aliphatic carbocycles. The van der Waals surface area contributed by atoms with E-state index in [9.17, 15) is 4.79 Å². The number of likely N-dealkylation sites (N-methyl/N-ethyl adjacent to an activating group) is 1. The van der Waals surface area contributed by atoms with Crippen molar-refractivity contribution in [2.45, 2.75) is 31.8 Å². The summed E-state index contributed by atoms with van der Waals surface area (Å²) in [5.41, 5.74) is 0. The average molecular weight is 523 g/mol. The van der Waals surface area contributed by atoms with Crippen LogP contribution in [-0.4, -0.2) is 112 Å². The lowest BCUT2D eigenvalue weighted by Gasteiger charge is -2.29. The van der Waals surface area contributed by atoms with E-state index in [0.717, 1.165) is 77.9 Å². The van der Waals surface area contributed by atoms with E-state index in [1.54, 1.807) is 19.0 Å². The number of ether oxygens (including phenoxy) is 2. The van der Waals surface area contributed by atoms with Crippen LogP contribution >= 0.6 is 24.0 Å². The van der Waals surface area contributed by atoms with Crippen molar-refractivity contribution in [3.05, 3.63) is 0 Å². The van der Waals surface area contributed by atoms with E-state index in [0.29, 0.717) is 5.92 Å². The zero-order valence-corrected chi connectivity index (χ0v) is 20.3. The fourth-order valence-electron chi connectivity index (χ4n) is 4.05. The van der Waals surface area contributed by atoms with Crippen LogP contribution in [0.15, 0.2) is 4.99 Å². The van der Waals surface area contributed by atoms with Crippen LogP contribution in [0.4, 0.5) is 0 Å². The van der Waals surface area contributed by atoms with Crippen molar-refractivity contribution in [1.29, 1.82) is 0 Å². The van der Waals surface area contributed by atoms with Crippen LogP contribution in [0.25, 0.3) is 0 Å². The fraction of sp³-hybridized carbons (Fsp3) is 0.900. The molecule has 0 aromatic carbocycles. The van der Waals surface area contributed by atoms with Gasteiger partial charge in [0.05, 0.1) is 19.3 Å². The molecule has 3 fully saturated rings. The van der Waals surface area contributed by atoms with Gasteiger partial charge in [-0.15, -0.1) is 24.0 Å². The number of likely N-dealkylation sites (tertiary alicyclic amines) is 1. The van der Waals surface area contributed by atoms with Crippen LogP contribution in [0.5, 0.6) is 0 Å². The standard InChI is InChI=1S/C20H37N5O3.HI/c1-23(2)19(26)14-22-20(21-13-18-5-3-4-10-28-18)25-7-6-17(16-25)15-24-8-11-27-12-9-24;/h17-18H,3-16H2,1-2H3,(H,21,22);1H. The van der Waals surface area contributed by atoms with Crippen LogP contribution in [0.2, 0.25) is 0 Å². The number of halogens is 1. The Labute approximate surface area is 192 Å². The number of guanidine groups is 1. The summed E-state index contributed by atoms with van der Waals surface area (Å²) in [5.74, 6) is 1.52. The Kier molecular flexibility index (Phi) is 11.0. The van der Waals surface area contributed by atoms with Gasteiger partial charge in [0.15, 0.2) is 5.96 Å². The minimum Gasteiger partial charge on any atom is -0.379 e. The molecule has 1 amide bonds. The van der Waals surface area contributed by atoms with Crippen LogP contribution in [0.1, 0.15) is 25.7 Å². The molecule has 0 aromatic heterocycles. The summed E-state index contributed by atoms with van der Waals surface area (Å²) in [5, 5.41) is 3.50. The molecule has 3 heterocycles. The molecule has 0 spiro atoms. The maximum Gasteiger partial charge on any atom is 0.243 e. The smallest absolute Gasteiger partial charge is 0.243 e. The monoisotopic (exact) mass is 523 g/mol. The van der Waals surface area contributed by atoms with Crippen LogP contribution < -0.4 is 5.32 Å². The number of carbonyl (C=O) groups excluding carboxylic acids is 1. The minimum atomic E-state index is 0. The van der Waals surface area contributed by atoms with Gasteiger partial charge in [0, 0.05) is 60.0 Å². The predicted octanol–water partition coefficient (Wildman–Crippen LogP) is 0.861. The molecule has 0 saturated carbocycles. The first-order chi connectivity index (χ1) is 13.6. The number of aliphatic imine (C=N–C) groups is 1. The summed E-state index contributed by atoms with van der Waals surface area (Å²) in [6.45, 7) is 8.66. The number of morpholine rings is 1. The van der Waals surface area contributed by atoms with Crippen molar-refractivity contribution in [2.75, 3.05) is 79.7 Å². The highest BCUT2D eigenvalue weighted by Gasteiger charge is 2.28. The molecule has 3 aliphatic heterocycles. The van der Waals surface area contributed by atoms with Crippen molar-refractivity contribution in [2.24, 2.45) is 10.9 Å². The molecule has 3 aliphatic rings. The molecule has 8 nitrogen and oxygen atoms in total. The molecule has 3 rings (SSSR count). The lowest BCUT2D eigenvalue weighted by molar-refractivity contribution is -0.127. The van der Waals surface area contributed by atoms with E-state index in [1.165, 1.54) is 12.8 Å². The Morgan fingerprint density at radius 2 is 1.93 bits per heavy atom. The van der Waals surface area contributed by atoms with Gasteiger partial charge in [0.2, 0.25) is 5.91 Å². The Hall–Kier alpha value is -0.650. The van der Waals surface area contributed by atoms with Gasteiger partial charge in [0.25, 0.3) is 0 Å². The van der Waals surface area contributed by atoms with Gasteiger partial charge in [-0.2, -0.15) is 0 Å². The summed E-state index contributed by atoms with van der Waals surface area (Å²) in [6.07, 6.45) is 4.89. The van der Waals surface area contributed by atoms with E-state index in [-0.39, 0.29) is 42.5 Å². The molecule has 1 N–H and O–H groups in total. The molecule has 0 aromatic rings. The first-order valence-electron chi connectivity index (χ1n) is 10.8. The van der Waals surface area contributed by atoms with Gasteiger partial charge in [-0.3, -0.25) is 9.69 Å². The quantitative estimate of drug-likeness (QED) is 0.317. The van der Waals surface area contributed by atoms with Gasteiger partial charge >= 0.3 is 0 Å². The molecular formula is C20H38IN5O3. The van der Waals surface area contributed by atoms with E-state index >= 15 is 0 Å². The molecule has 2 atom stereocenters. The SMILES string of the molecule is CN(C)C(=O)CN=C(NCC1CCCCO1)N1CCC(CN2CCOCC2)C1.I. The van der Waals surface area contributed by atoms with Crippen molar-refractivity contribution >= 4 is 35.8 Å². The Morgan fingerprint density at radius 1 is 1.14 bits per heavy atom. The highest BCUT2D eigenvalue weighted by atomic mass is 127. The molecule has 0 bridgehead atoms. The third kappa shape index (κ3) is 8.18. The maximum absolute atomic E-state index is 12.0. The molecule has 2 unspecified atom stereocenters. The second kappa shape index (κ2) is 12.9. The zero-order valence-electron chi connectivity index (χ0n) is 18.0. The summed E-state index contributed by atoms with van der Waals surface area (Å²) in [6, 6.07) is 0. The third-order valence-electron chi connectivity index (χ3n) is 5.83. The lowest BCUT2D eigenvalue weighted by atomic mass is 10.1. The number of amides is 1. The normalized spacial score (nSPS) is 26.1. The first kappa shape index (κ1) is 24.6. The molecule has 168 valence electrons. The van der Waals surface area contributed by atoms with Gasteiger partial charge in [-0.25, -0.2) is 4.99 Å². The summed E-state index contributed by atoms with van der Waals surface area (Å²) < 4.78 is 11.3. The Balaban J connectivity index is 0.00000300. The van der Waals surface area contributed by atoms with Crippen LogP contribution in [0.3, 0.4) is 0 Å². The molecular weight excluding hydrogens is 485 g/mol. The zero-order chi connectivity index (χ0) is 19.8. The topological polar surface area (TPSA) is 69.6 Å². The van der Waals surface area contributed by atoms with Crippen molar-refractivity contribution in [3.8, 4) is 0 Å².